The van der Waals surface area contributed by atoms with Crippen LogP contribution < -0.4 is 5.32 Å². The number of hydrogen-bond acceptors (Lipinski definition) is 6. The molecule has 1 aliphatic rings. The number of hydrogen-bond donors (Lipinski definition) is 1. The van der Waals surface area contributed by atoms with Crippen molar-refractivity contribution in [2.45, 2.75) is 25.5 Å². The maximum absolute atomic E-state index is 12.8. The van der Waals surface area contributed by atoms with E-state index in [1.165, 1.54) is 34.9 Å². The van der Waals surface area contributed by atoms with Gasteiger partial charge in [-0.1, -0.05) is 41.6 Å². The van der Waals surface area contributed by atoms with Crippen molar-refractivity contribution < 1.29 is 14.5 Å². The molecule has 1 N–H and O–H groups in total. The van der Waals surface area contributed by atoms with Crippen LogP contribution in [-0.2, 0) is 9.59 Å². The molecule has 1 fully saturated rings. The number of thioether (sulfide) groups is 1. The fourth-order valence-electron chi connectivity index (χ4n) is 2.94. The van der Waals surface area contributed by atoms with Gasteiger partial charge in [-0.2, -0.15) is 0 Å². The standard InChI is InChI=1S/C20H19ClN4O4S/c1-3-24-19(27)17(30-20(24)23-14-9-6-7-13(21)12(14)2)11-18(26)22-15-8-4-5-10-16(15)25(28)29/h4-10,17H,3,11H2,1-2H3,(H,22,26). The molecule has 0 saturated carbocycles. The van der Waals surface area contributed by atoms with Crippen LogP contribution in [0, 0.1) is 17.0 Å². The van der Waals surface area contributed by atoms with Gasteiger partial charge in [0.1, 0.15) is 10.9 Å². The second-order valence-corrected chi connectivity index (χ2v) is 8.07. The van der Waals surface area contributed by atoms with Crippen LogP contribution in [-0.4, -0.2) is 38.6 Å². The monoisotopic (exact) mass is 446 g/mol. The number of halogens is 1. The number of benzene rings is 2. The minimum atomic E-state index is -0.661. The number of nitro groups is 1. The van der Waals surface area contributed by atoms with E-state index < -0.39 is 16.1 Å². The Morgan fingerprint density at radius 3 is 2.73 bits per heavy atom. The summed E-state index contributed by atoms with van der Waals surface area (Å²) in [6.07, 6.45) is -0.125. The lowest BCUT2D eigenvalue weighted by Gasteiger charge is -2.14. The van der Waals surface area contributed by atoms with Gasteiger partial charge in [0.2, 0.25) is 11.8 Å². The first-order valence-electron chi connectivity index (χ1n) is 9.17. The highest BCUT2D eigenvalue weighted by atomic mass is 35.5. The predicted octanol–water partition coefficient (Wildman–Crippen LogP) is 4.54. The van der Waals surface area contributed by atoms with Crippen molar-refractivity contribution in [1.29, 1.82) is 0 Å². The van der Waals surface area contributed by atoms with E-state index in [1.54, 1.807) is 18.2 Å². The topological polar surface area (TPSA) is 105 Å². The predicted molar refractivity (Wildman–Crippen MR) is 118 cm³/mol. The van der Waals surface area contributed by atoms with Crippen molar-refractivity contribution in [2.75, 3.05) is 11.9 Å². The zero-order valence-electron chi connectivity index (χ0n) is 16.3. The Balaban J connectivity index is 1.77. The smallest absolute Gasteiger partial charge is 0.292 e. The van der Waals surface area contributed by atoms with Gasteiger partial charge in [-0.25, -0.2) is 4.99 Å². The zero-order valence-corrected chi connectivity index (χ0v) is 17.9. The van der Waals surface area contributed by atoms with Gasteiger partial charge in [-0.3, -0.25) is 24.6 Å². The number of nitro benzene ring substituents is 1. The van der Waals surface area contributed by atoms with Crippen LogP contribution in [0.4, 0.5) is 17.1 Å². The summed E-state index contributed by atoms with van der Waals surface area (Å²) >= 11 is 7.35. The highest BCUT2D eigenvalue weighted by Gasteiger charge is 2.38. The first kappa shape index (κ1) is 21.8. The molecule has 10 heteroatoms. The average Bonchev–Trinajstić information content (AvgIpc) is 2.99. The number of rotatable bonds is 6. The Morgan fingerprint density at radius 2 is 2.03 bits per heavy atom. The number of amides is 2. The summed E-state index contributed by atoms with van der Waals surface area (Å²) in [5, 5.41) is 14.1. The summed E-state index contributed by atoms with van der Waals surface area (Å²) in [6.45, 7) is 4.08. The van der Waals surface area contributed by atoms with Crippen molar-refractivity contribution in [1.82, 2.24) is 4.90 Å². The van der Waals surface area contributed by atoms with Gasteiger partial charge in [-0.05, 0) is 37.6 Å². The second-order valence-electron chi connectivity index (χ2n) is 6.49. The molecule has 0 aliphatic carbocycles. The lowest BCUT2D eigenvalue weighted by molar-refractivity contribution is -0.383. The van der Waals surface area contributed by atoms with Crippen LogP contribution in [0.2, 0.25) is 5.02 Å². The van der Waals surface area contributed by atoms with Crippen molar-refractivity contribution in [2.24, 2.45) is 4.99 Å². The largest absolute Gasteiger partial charge is 0.320 e. The number of nitrogens with one attached hydrogen (secondary N) is 1. The molecule has 1 unspecified atom stereocenters. The summed E-state index contributed by atoms with van der Waals surface area (Å²) < 4.78 is 0. The SMILES string of the molecule is CCN1C(=O)C(CC(=O)Nc2ccccc2[N+](=O)[O-])SC1=Nc1cccc(Cl)c1C. The summed E-state index contributed by atoms with van der Waals surface area (Å²) in [5.41, 5.74) is 1.35. The van der Waals surface area contributed by atoms with E-state index in [4.69, 9.17) is 11.6 Å². The number of carbonyl (C=O) groups is 2. The van der Waals surface area contributed by atoms with Crippen LogP contribution in [0.25, 0.3) is 0 Å². The molecular weight excluding hydrogens is 428 g/mol. The van der Waals surface area contributed by atoms with E-state index in [0.29, 0.717) is 22.4 Å². The van der Waals surface area contributed by atoms with Crippen LogP contribution in [0.15, 0.2) is 47.5 Å². The Bertz CT molecular complexity index is 1040. The molecule has 3 rings (SSSR count). The van der Waals surface area contributed by atoms with Gasteiger partial charge in [0.25, 0.3) is 5.69 Å². The molecule has 2 amide bonds. The summed E-state index contributed by atoms with van der Waals surface area (Å²) in [6, 6.07) is 11.2. The molecule has 30 heavy (non-hydrogen) atoms. The molecule has 0 bridgehead atoms. The van der Waals surface area contributed by atoms with Gasteiger partial charge in [-0.15, -0.1) is 0 Å². The number of amidine groups is 1. The molecule has 2 aromatic carbocycles. The fourth-order valence-corrected chi connectivity index (χ4v) is 4.33. The van der Waals surface area contributed by atoms with Crippen LogP contribution in [0.1, 0.15) is 18.9 Å². The molecule has 8 nitrogen and oxygen atoms in total. The van der Waals surface area contributed by atoms with Crippen molar-refractivity contribution in [3.05, 3.63) is 63.2 Å². The Morgan fingerprint density at radius 1 is 1.30 bits per heavy atom. The van der Waals surface area contributed by atoms with E-state index in [-0.39, 0.29) is 23.7 Å². The Hall–Kier alpha value is -2.91. The van der Waals surface area contributed by atoms with Gasteiger partial charge in [0, 0.05) is 24.1 Å². The third-order valence-corrected chi connectivity index (χ3v) is 6.12. The maximum Gasteiger partial charge on any atom is 0.292 e. The van der Waals surface area contributed by atoms with E-state index in [0.717, 1.165) is 5.56 Å². The molecule has 1 heterocycles. The summed E-state index contributed by atoms with van der Waals surface area (Å²) in [5.74, 6) is -0.704. The Kier molecular flexibility index (Phi) is 6.73. The third-order valence-electron chi connectivity index (χ3n) is 4.54. The average molecular weight is 447 g/mol. The first-order valence-corrected chi connectivity index (χ1v) is 10.4. The number of anilines is 1. The van der Waals surface area contributed by atoms with E-state index in [9.17, 15) is 19.7 Å². The highest BCUT2D eigenvalue weighted by Crippen LogP contribution is 2.34. The van der Waals surface area contributed by atoms with Gasteiger partial charge in [0.15, 0.2) is 5.17 Å². The second kappa shape index (κ2) is 9.27. The minimum absolute atomic E-state index is 0.0961. The summed E-state index contributed by atoms with van der Waals surface area (Å²) in [4.78, 5) is 41.9. The zero-order chi connectivity index (χ0) is 21.8. The van der Waals surface area contributed by atoms with Crippen LogP contribution >= 0.6 is 23.4 Å². The van der Waals surface area contributed by atoms with E-state index in [1.807, 2.05) is 19.9 Å². The molecule has 2 aromatic rings. The molecule has 156 valence electrons. The van der Waals surface area contributed by atoms with Crippen LogP contribution in [0.3, 0.4) is 0 Å². The quantitative estimate of drug-likeness (QED) is 0.518. The van der Waals surface area contributed by atoms with Crippen molar-refractivity contribution in [3.8, 4) is 0 Å². The molecule has 0 spiro atoms. The first-order chi connectivity index (χ1) is 14.3. The lowest BCUT2D eigenvalue weighted by Crippen LogP contribution is -2.33. The number of nitrogens with zero attached hydrogens (tertiary/aromatic N) is 3. The third kappa shape index (κ3) is 4.63. The van der Waals surface area contributed by atoms with Gasteiger partial charge >= 0.3 is 0 Å². The van der Waals surface area contributed by atoms with Gasteiger partial charge in [0.05, 0.1) is 10.6 Å². The maximum atomic E-state index is 12.8. The molecule has 1 aliphatic heterocycles. The summed E-state index contributed by atoms with van der Waals surface area (Å²) in [7, 11) is 0. The molecule has 1 saturated heterocycles. The van der Waals surface area contributed by atoms with E-state index in [2.05, 4.69) is 10.3 Å². The molecular formula is C20H19ClN4O4S. The molecule has 0 aromatic heterocycles. The molecule has 0 radical (unpaired) electrons. The fraction of sp³-hybridized carbons (Fsp3) is 0.250. The van der Waals surface area contributed by atoms with Crippen molar-refractivity contribution in [3.63, 3.8) is 0 Å². The lowest BCUT2D eigenvalue weighted by atomic mass is 10.2. The number of aliphatic imine (C=N–C) groups is 1. The van der Waals surface area contributed by atoms with Gasteiger partial charge < -0.3 is 5.32 Å². The van der Waals surface area contributed by atoms with Crippen molar-refractivity contribution >= 4 is 57.4 Å². The Labute approximate surface area is 182 Å². The van der Waals surface area contributed by atoms with Crippen LogP contribution in [0.5, 0.6) is 0 Å². The molecule has 1 atom stereocenters. The van der Waals surface area contributed by atoms with E-state index >= 15 is 0 Å². The highest BCUT2D eigenvalue weighted by molar-refractivity contribution is 8.15. The minimum Gasteiger partial charge on any atom is -0.320 e. The number of para-hydroxylation sites is 2. The normalized spacial score (nSPS) is 17.4. The number of carbonyl (C=O) groups excluding carboxylic acids is 2.